The van der Waals surface area contributed by atoms with E-state index in [9.17, 15) is 0 Å². The van der Waals surface area contributed by atoms with Crippen molar-refractivity contribution in [3.8, 4) is 0 Å². The van der Waals surface area contributed by atoms with E-state index in [0.717, 1.165) is 6.42 Å². The third kappa shape index (κ3) is 7.21. The molecular formula is C32H50O3. The van der Waals surface area contributed by atoms with Gasteiger partial charge in [-0.15, -0.1) is 0 Å². The molecule has 1 aliphatic heterocycles. The van der Waals surface area contributed by atoms with Crippen LogP contribution in [0.2, 0.25) is 0 Å². The van der Waals surface area contributed by atoms with Gasteiger partial charge < -0.3 is 14.2 Å². The Hall–Kier alpha value is -1.16. The zero-order valence-electron chi connectivity index (χ0n) is 22.6. The van der Waals surface area contributed by atoms with Crippen LogP contribution in [0.25, 0.3) is 0 Å². The largest absolute Gasteiger partial charge is 0.366 e. The van der Waals surface area contributed by atoms with Crippen LogP contribution in [-0.4, -0.2) is 26.1 Å². The molecule has 35 heavy (non-hydrogen) atoms. The molecule has 3 aliphatic carbocycles. The summed E-state index contributed by atoms with van der Waals surface area (Å²) in [6.45, 7) is 6.19. The molecule has 2 bridgehead atoms. The van der Waals surface area contributed by atoms with Crippen LogP contribution in [-0.2, 0) is 19.6 Å². The molecule has 4 aliphatic rings. The van der Waals surface area contributed by atoms with E-state index in [4.69, 9.17) is 14.2 Å². The molecular weight excluding hydrogens is 432 g/mol. The molecule has 0 spiro atoms. The van der Waals surface area contributed by atoms with Gasteiger partial charge in [0.15, 0.2) is 6.29 Å². The average Bonchev–Trinajstić information content (AvgIpc) is 2.92. The van der Waals surface area contributed by atoms with Crippen molar-refractivity contribution in [2.45, 2.75) is 128 Å². The number of fused-ring (bicyclic) bond motifs is 3. The van der Waals surface area contributed by atoms with Gasteiger partial charge in [0.05, 0.1) is 19.8 Å². The maximum absolute atomic E-state index is 6.12. The highest BCUT2D eigenvalue weighted by molar-refractivity contribution is 5.32. The third-order valence-corrected chi connectivity index (χ3v) is 9.24. The van der Waals surface area contributed by atoms with Crippen LogP contribution < -0.4 is 0 Å². The molecule has 3 saturated carbocycles. The van der Waals surface area contributed by atoms with Gasteiger partial charge in [0.2, 0.25) is 0 Å². The Labute approximate surface area is 215 Å². The number of hydrogen-bond donors (Lipinski definition) is 0. The van der Waals surface area contributed by atoms with E-state index in [1.54, 1.807) is 5.56 Å². The van der Waals surface area contributed by atoms with E-state index in [2.05, 4.69) is 50.3 Å². The Bertz CT molecular complexity index is 735. The first-order chi connectivity index (χ1) is 17.2. The first-order valence-corrected chi connectivity index (χ1v) is 14.8. The number of unbranched alkanes of at least 4 members (excludes halogenated alkanes) is 6. The van der Waals surface area contributed by atoms with Crippen LogP contribution in [0.4, 0.5) is 0 Å². The van der Waals surface area contributed by atoms with E-state index in [1.165, 1.54) is 95.5 Å². The highest BCUT2D eigenvalue weighted by Crippen LogP contribution is 2.59. The molecule has 1 heterocycles. The zero-order valence-corrected chi connectivity index (χ0v) is 22.6. The van der Waals surface area contributed by atoms with Gasteiger partial charge in [-0.2, -0.15) is 0 Å². The van der Waals surface area contributed by atoms with Crippen LogP contribution in [0.1, 0.15) is 127 Å². The van der Waals surface area contributed by atoms with Crippen LogP contribution in [0.15, 0.2) is 36.4 Å². The normalized spacial score (nSPS) is 30.8. The summed E-state index contributed by atoms with van der Waals surface area (Å²) in [4.78, 5) is 0. The quantitative estimate of drug-likeness (QED) is 0.196. The first kappa shape index (κ1) is 26.9. The Morgan fingerprint density at radius 3 is 2.17 bits per heavy atom. The van der Waals surface area contributed by atoms with Crippen LogP contribution >= 0.6 is 0 Å². The summed E-state index contributed by atoms with van der Waals surface area (Å²) in [5.74, 6) is 0. The maximum Gasteiger partial charge on any atom is 0.181 e. The summed E-state index contributed by atoms with van der Waals surface area (Å²) in [5.41, 5.74) is 3.89. The minimum absolute atomic E-state index is 0.0135. The van der Waals surface area contributed by atoms with Crippen molar-refractivity contribution in [3.63, 3.8) is 0 Å². The fraction of sp³-hybridized carbons (Fsp3) is 0.750. The summed E-state index contributed by atoms with van der Waals surface area (Å²) in [6, 6.07) is 9.37. The minimum atomic E-state index is -0.253. The van der Waals surface area contributed by atoms with Crippen molar-refractivity contribution in [3.05, 3.63) is 47.5 Å². The molecule has 0 amide bonds. The molecule has 4 fully saturated rings. The van der Waals surface area contributed by atoms with Crippen molar-refractivity contribution in [1.29, 1.82) is 0 Å². The third-order valence-electron chi connectivity index (χ3n) is 9.24. The van der Waals surface area contributed by atoms with E-state index < -0.39 is 0 Å². The van der Waals surface area contributed by atoms with Gasteiger partial charge in [-0.1, -0.05) is 95.2 Å². The Balaban J connectivity index is 1.21. The molecule has 0 aromatic heterocycles. The van der Waals surface area contributed by atoms with Crippen molar-refractivity contribution in [2.75, 3.05) is 19.8 Å². The van der Waals surface area contributed by atoms with Crippen LogP contribution in [0.5, 0.6) is 0 Å². The second kappa shape index (κ2) is 13.4. The van der Waals surface area contributed by atoms with Gasteiger partial charge >= 0.3 is 0 Å². The zero-order chi connectivity index (χ0) is 24.4. The van der Waals surface area contributed by atoms with Crippen molar-refractivity contribution in [1.82, 2.24) is 0 Å². The van der Waals surface area contributed by atoms with Gasteiger partial charge in [0.25, 0.3) is 0 Å². The maximum atomic E-state index is 6.12. The number of rotatable bonds is 14. The molecule has 1 aromatic rings. The molecule has 0 N–H and O–H groups in total. The van der Waals surface area contributed by atoms with E-state index in [-0.39, 0.29) is 12.4 Å². The molecule has 196 valence electrons. The SMILES string of the molecule is CCCC/C=C/COC1COC(c2ccc(C34CCC(CCCCCCC)(CC3)CC4)cc2)CO1. The smallest absolute Gasteiger partial charge is 0.181 e. The number of allylic oxidation sites excluding steroid dienone is 1. The summed E-state index contributed by atoms with van der Waals surface area (Å²) in [5, 5.41) is 0. The lowest BCUT2D eigenvalue weighted by Crippen LogP contribution is -2.44. The number of benzene rings is 1. The van der Waals surface area contributed by atoms with Crippen molar-refractivity contribution < 1.29 is 14.2 Å². The van der Waals surface area contributed by atoms with Gasteiger partial charge in [0, 0.05) is 0 Å². The second-order valence-corrected chi connectivity index (χ2v) is 11.6. The number of hydrogen-bond acceptors (Lipinski definition) is 3. The molecule has 0 radical (unpaired) electrons. The van der Waals surface area contributed by atoms with Gasteiger partial charge in [-0.05, 0) is 73.3 Å². The molecule has 2 unspecified atom stereocenters. The lowest BCUT2D eigenvalue weighted by molar-refractivity contribution is -0.232. The monoisotopic (exact) mass is 482 g/mol. The predicted molar refractivity (Wildman–Crippen MR) is 145 cm³/mol. The number of ether oxygens (including phenoxy) is 3. The van der Waals surface area contributed by atoms with Crippen LogP contribution in [0.3, 0.4) is 0 Å². The first-order valence-electron chi connectivity index (χ1n) is 14.8. The molecule has 3 nitrogen and oxygen atoms in total. The summed E-state index contributed by atoms with van der Waals surface area (Å²) in [7, 11) is 0. The highest BCUT2D eigenvalue weighted by Gasteiger charge is 2.48. The Morgan fingerprint density at radius 1 is 0.800 bits per heavy atom. The van der Waals surface area contributed by atoms with Crippen LogP contribution in [0, 0.1) is 5.41 Å². The molecule has 1 aromatic carbocycles. The minimum Gasteiger partial charge on any atom is -0.366 e. The van der Waals surface area contributed by atoms with Gasteiger partial charge in [-0.25, -0.2) is 0 Å². The summed E-state index contributed by atoms with van der Waals surface area (Å²) >= 11 is 0. The summed E-state index contributed by atoms with van der Waals surface area (Å²) in [6.07, 6.45) is 24.7. The van der Waals surface area contributed by atoms with Crippen molar-refractivity contribution >= 4 is 0 Å². The second-order valence-electron chi connectivity index (χ2n) is 11.6. The predicted octanol–water partition coefficient (Wildman–Crippen LogP) is 8.82. The lowest BCUT2D eigenvalue weighted by atomic mass is 9.51. The molecule has 5 rings (SSSR count). The highest BCUT2D eigenvalue weighted by atomic mass is 16.7. The fourth-order valence-corrected chi connectivity index (χ4v) is 6.67. The van der Waals surface area contributed by atoms with Crippen molar-refractivity contribution in [2.24, 2.45) is 5.41 Å². The standard InChI is InChI=1S/C32H50O3/c1-3-5-7-9-11-17-31-18-21-32(22-19-31,23-20-31)28-15-13-27(14-16-28)29-25-35-30(26-34-29)33-24-12-10-8-6-4-2/h10,12-16,29-30H,3-9,11,17-26H2,1-2H3/b12-10+. The average molecular weight is 483 g/mol. The Morgan fingerprint density at radius 2 is 1.51 bits per heavy atom. The van der Waals surface area contributed by atoms with E-state index >= 15 is 0 Å². The van der Waals surface area contributed by atoms with Gasteiger partial charge in [-0.3, -0.25) is 0 Å². The van der Waals surface area contributed by atoms with E-state index in [0.29, 0.717) is 30.7 Å². The molecule has 2 atom stereocenters. The fourth-order valence-electron chi connectivity index (χ4n) is 6.67. The topological polar surface area (TPSA) is 27.7 Å². The molecule has 1 saturated heterocycles. The Kier molecular flexibility index (Phi) is 10.3. The lowest BCUT2D eigenvalue weighted by Gasteiger charge is -2.54. The van der Waals surface area contributed by atoms with Gasteiger partial charge in [0.1, 0.15) is 6.10 Å². The van der Waals surface area contributed by atoms with E-state index in [1.807, 2.05) is 0 Å². The molecule has 3 heteroatoms. The summed E-state index contributed by atoms with van der Waals surface area (Å²) < 4.78 is 17.9.